The van der Waals surface area contributed by atoms with Crippen LogP contribution in [0.3, 0.4) is 0 Å². The van der Waals surface area contributed by atoms with Crippen LogP contribution in [0.25, 0.3) is 0 Å². The zero-order valence-corrected chi connectivity index (χ0v) is 24.3. The molecule has 6 nitrogen and oxygen atoms in total. The van der Waals surface area contributed by atoms with E-state index >= 15 is 0 Å². The molecule has 0 aliphatic carbocycles. The molecule has 0 bridgehead atoms. The van der Waals surface area contributed by atoms with Gasteiger partial charge in [0.15, 0.2) is 0 Å². The summed E-state index contributed by atoms with van der Waals surface area (Å²) in [4.78, 5) is 24.7. The molecule has 0 saturated heterocycles. The van der Waals surface area contributed by atoms with Crippen LogP contribution in [0.5, 0.6) is 0 Å². The van der Waals surface area contributed by atoms with Crippen LogP contribution in [0.2, 0.25) is 0 Å². The van der Waals surface area contributed by atoms with E-state index in [9.17, 15) is 9.59 Å². The third-order valence-electron chi connectivity index (χ3n) is 7.81. The molecule has 210 valence electrons. The molecule has 0 saturated carbocycles. The molecule has 0 atom stereocenters. The van der Waals surface area contributed by atoms with E-state index in [2.05, 4.69) is 41.5 Å². The summed E-state index contributed by atoms with van der Waals surface area (Å²) in [6.07, 6.45) is 7.64. The molecule has 4 N–H and O–H groups in total. The summed E-state index contributed by atoms with van der Waals surface area (Å²) in [6, 6.07) is 10.9. The number of benzene rings is 2. The Bertz CT molecular complexity index is 990. The molecule has 2 aromatic rings. The van der Waals surface area contributed by atoms with Gasteiger partial charge in [-0.3, -0.25) is 0 Å². The van der Waals surface area contributed by atoms with E-state index in [1.165, 1.54) is 0 Å². The Labute approximate surface area is 229 Å². The highest BCUT2D eigenvalue weighted by Gasteiger charge is 2.23. The third kappa shape index (κ3) is 8.78. The van der Waals surface area contributed by atoms with Crippen LogP contribution in [0.4, 0.5) is 11.4 Å². The van der Waals surface area contributed by atoms with Crippen LogP contribution < -0.4 is 11.5 Å². The summed E-state index contributed by atoms with van der Waals surface area (Å²) in [5, 5.41) is 0. The van der Waals surface area contributed by atoms with E-state index in [0.717, 1.165) is 62.5 Å². The number of hydrogen-bond acceptors (Lipinski definition) is 6. The van der Waals surface area contributed by atoms with Gasteiger partial charge in [0.1, 0.15) is 0 Å². The number of carbonyl (C=O) groups excluding carboxylic acids is 2. The molecule has 38 heavy (non-hydrogen) atoms. The molecule has 0 aromatic heterocycles. The first-order chi connectivity index (χ1) is 17.9. The number of rotatable bonds is 15. The number of nitrogens with two attached hydrogens (primary N) is 2. The minimum Gasteiger partial charge on any atom is -0.462 e. The lowest BCUT2D eigenvalue weighted by molar-refractivity contribution is 0.0484. The maximum absolute atomic E-state index is 12.4. The smallest absolute Gasteiger partial charge is 0.338 e. The van der Waals surface area contributed by atoms with Crippen molar-refractivity contribution in [3.8, 4) is 0 Å². The van der Waals surface area contributed by atoms with Gasteiger partial charge < -0.3 is 20.9 Å². The van der Waals surface area contributed by atoms with Gasteiger partial charge in [0.05, 0.1) is 24.3 Å². The summed E-state index contributed by atoms with van der Waals surface area (Å²) in [6.45, 7) is 13.6. The first-order valence-corrected chi connectivity index (χ1v) is 14.1. The maximum atomic E-state index is 12.4. The Morgan fingerprint density at radius 1 is 0.632 bits per heavy atom. The van der Waals surface area contributed by atoms with Gasteiger partial charge >= 0.3 is 11.9 Å². The van der Waals surface area contributed by atoms with E-state index < -0.39 is 0 Å². The largest absolute Gasteiger partial charge is 0.462 e. The fourth-order valence-electron chi connectivity index (χ4n) is 4.40. The minimum absolute atomic E-state index is 0.0270. The lowest BCUT2D eigenvalue weighted by Crippen LogP contribution is -2.18. The molecule has 2 rings (SSSR count). The Hall–Kier alpha value is -3.02. The fourth-order valence-corrected chi connectivity index (χ4v) is 4.40. The molecule has 0 amide bonds. The van der Waals surface area contributed by atoms with Gasteiger partial charge in [0, 0.05) is 11.4 Å². The average molecular weight is 525 g/mol. The molecule has 0 radical (unpaired) electrons. The van der Waals surface area contributed by atoms with E-state index in [-0.39, 0.29) is 22.8 Å². The van der Waals surface area contributed by atoms with Crippen molar-refractivity contribution in [3.63, 3.8) is 0 Å². The maximum Gasteiger partial charge on any atom is 0.338 e. The van der Waals surface area contributed by atoms with Crippen LogP contribution in [0.15, 0.2) is 36.4 Å². The lowest BCUT2D eigenvalue weighted by atomic mass is 9.81. The van der Waals surface area contributed by atoms with Gasteiger partial charge in [-0.2, -0.15) is 0 Å². The van der Waals surface area contributed by atoms with Gasteiger partial charge in [-0.15, -0.1) is 0 Å². The zero-order chi connectivity index (χ0) is 28.3. The van der Waals surface area contributed by atoms with Gasteiger partial charge in [0.2, 0.25) is 0 Å². The molecule has 0 spiro atoms. The zero-order valence-electron chi connectivity index (χ0n) is 24.3. The fraction of sp³-hybridized carbons (Fsp3) is 0.562. The van der Waals surface area contributed by atoms with Crippen molar-refractivity contribution in [1.82, 2.24) is 0 Å². The molecule has 6 heteroatoms. The Kier molecular flexibility index (Phi) is 11.7. The Balaban J connectivity index is 1.59. The summed E-state index contributed by atoms with van der Waals surface area (Å²) >= 11 is 0. The lowest BCUT2D eigenvalue weighted by Gasteiger charge is -2.25. The molecule has 2 aromatic carbocycles. The monoisotopic (exact) mass is 524 g/mol. The van der Waals surface area contributed by atoms with Crippen molar-refractivity contribution in [2.45, 2.75) is 104 Å². The second kappa shape index (κ2) is 14.2. The quantitative estimate of drug-likeness (QED) is 0.141. The number of ether oxygens (including phenoxy) is 2. The first-order valence-electron chi connectivity index (χ1n) is 14.1. The SMILES string of the molecule is CCC(C)(C)c1ccc(C(=O)OCCCCCCCCOC(=O)c2ccc(C(C)(C)CC)c(N)c2)cc1N. The van der Waals surface area contributed by atoms with Crippen LogP contribution in [0, 0.1) is 0 Å². The Morgan fingerprint density at radius 2 is 0.974 bits per heavy atom. The number of nitrogen functional groups attached to an aromatic ring is 2. The van der Waals surface area contributed by atoms with Crippen LogP contribution in [-0.4, -0.2) is 25.2 Å². The van der Waals surface area contributed by atoms with Crippen molar-refractivity contribution < 1.29 is 19.1 Å². The van der Waals surface area contributed by atoms with Gasteiger partial charge in [-0.25, -0.2) is 9.59 Å². The van der Waals surface area contributed by atoms with Gasteiger partial charge in [-0.1, -0.05) is 79.4 Å². The highest BCUT2D eigenvalue weighted by Crippen LogP contribution is 2.33. The van der Waals surface area contributed by atoms with Crippen LogP contribution in [-0.2, 0) is 20.3 Å². The summed E-state index contributed by atoms with van der Waals surface area (Å²) < 4.78 is 10.9. The summed E-state index contributed by atoms with van der Waals surface area (Å²) in [7, 11) is 0. The first kappa shape index (κ1) is 31.2. The van der Waals surface area contributed by atoms with E-state index in [0.29, 0.717) is 35.7 Å². The van der Waals surface area contributed by atoms with Gasteiger partial charge in [0.25, 0.3) is 0 Å². The highest BCUT2D eigenvalue weighted by molar-refractivity contribution is 5.91. The minimum atomic E-state index is -0.329. The van der Waals surface area contributed by atoms with E-state index in [1.54, 1.807) is 24.3 Å². The summed E-state index contributed by atoms with van der Waals surface area (Å²) in [5.74, 6) is -0.658. The van der Waals surface area contributed by atoms with Crippen molar-refractivity contribution in [2.75, 3.05) is 24.7 Å². The molecule has 0 aliphatic rings. The number of anilines is 2. The molecule has 0 aliphatic heterocycles. The predicted molar refractivity (Wildman–Crippen MR) is 157 cm³/mol. The molecular formula is C32H48N2O4. The second-order valence-electron chi connectivity index (χ2n) is 11.5. The van der Waals surface area contributed by atoms with Crippen LogP contribution in [0.1, 0.15) is 125 Å². The topological polar surface area (TPSA) is 105 Å². The Morgan fingerprint density at radius 3 is 1.29 bits per heavy atom. The standard InChI is InChI=1S/C32H48N2O4/c1-7-31(3,4)25-17-15-23(21-27(25)33)29(35)37-19-13-11-9-10-12-14-20-38-30(36)24-16-18-26(28(34)22-24)32(5,6)8-2/h15-18,21-22H,7-14,19-20,33-34H2,1-6H3. The third-order valence-corrected chi connectivity index (χ3v) is 7.81. The number of unbranched alkanes of at least 4 members (excludes halogenated alkanes) is 5. The molecular weight excluding hydrogens is 476 g/mol. The average Bonchev–Trinajstić information content (AvgIpc) is 2.88. The van der Waals surface area contributed by atoms with Crippen LogP contribution >= 0.6 is 0 Å². The summed E-state index contributed by atoms with van der Waals surface area (Å²) in [5.41, 5.74) is 16.7. The molecule has 0 heterocycles. The second-order valence-corrected chi connectivity index (χ2v) is 11.5. The van der Waals surface area contributed by atoms with Crippen molar-refractivity contribution in [3.05, 3.63) is 58.7 Å². The van der Waals surface area contributed by atoms with Crippen molar-refractivity contribution >= 4 is 23.3 Å². The number of hydrogen-bond donors (Lipinski definition) is 2. The molecule has 0 fully saturated rings. The van der Waals surface area contributed by atoms with Gasteiger partial charge in [-0.05, 0) is 71.9 Å². The van der Waals surface area contributed by atoms with E-state index in [1.807, 2.05) is 12.1 Å². The number of carbonyl (C=O) groups is 2. The van der Waals surface area contributed by atoms with Crippen molar-refractivity contribution in [1.29, 1.82) is 0 Å². The normalized spacial score (nSPS) is 11.8. The predicted octanol–water partition coefficient (Wildman–Crippen LogP) is 7.58. The van der Waals surface area contributed by atoms with Crippen molar-refractivity contribution in [2.24, 2.45) is 0 Å². The van der Waals surface area contributed by atoms with E-state index in [4.69, 9.17) is 20.9 Å². The molecule has 0 unspecified atom stereocenters. The highest BCUT2D eigenvalue weighted by atomic mass is 16.5. The number of esters is 2.